The van der Waals surface area contributed by atoms with Gasteiger partial charge < -0.3 is 10.6 Å². The molecule has 0 bridgehead atoms. The molecule has 0 aliphatic heterocycles. The van der Waals surface area contributed by atoms with E-state index in [1.165, 1.54) is 6.33 Å². The highest BCUT2D eigenvalue weighted by Crippen LogP contribution is 2.16. The number of nitrogens with one attached hydrogen (secondary N) is 2. The average Bonchev–Trinajstić information content (AvgIpc) is 2.40. The van der Waals surface area contributed by atoms with Gasteiger partial charge in [-0.2, -0.15) is 0 Å². The number of anilines is 2. The van der Waals surface area contributed by atoms with Gasteiger partial charge >= 0.3 is 0 Å². The molecule has 0 amide bonds. The van der Waals surface area contributed by atoms with E-state index in [0.29, 0.717) is 0 Å². The van der Waals surface area contributed by atoms with Crippen LogP contribution in [0, 0.1) is 0 Å². The molecule has 0 aliphatic carbocycles. The number of hydrogen-bond acceptors (Lipinski definition) is 5. The molecule has 0 saturated carbocycles. The van der Waals surface area contributed by atoms with Gasteiger partial charge in [0.25, 0.3) is 0 Å². The second-order valence-electron chi connectivity index (χ2n) is 3.66. The lowest BCUT2D eigenvalue weighted by Gasteiger charge is -2.14. The van der Waals surface area contributed by atoms with Gasteiger partial charge in [-0.25, -0.2) is 9.97 Å². The minimum absolute atomic E-state index is 0.107. The topological polar surface area (TPSA) is 62.7 Å². The second-order valence-corrected chi connectivity index (χ2v) is 3.66. The van der Waals surface area contributed by atoms with Crippen molar-refractivity contribution in [1.29, 1.82) is 0 Å². The molecule has 0 fully saturated rings. The van der Waals surface area contributed by atoms with Crippen LogP contribution in [0.3, 0.4) is 0 Å². The molecular formula is C12H15N5. The molecule has 0 saturated heterocycles. The summed E-state index contributed by atoms with van der Waals surface area (Å²) in [5.74, 6) is 1.57. The Morgan fingerprint density at radius 1 is 1.12 bits per heavy atom. The van der Waals surface area contributed by atoms with Crippen molar-refractivity contribution in [3.63, 3.8) is 0 Å². The van der Waals surface area contributed by atoms with Crippen LogP contribution in [-0.4, -0.2) is 22.0 Å². The molecule has 5 heteroatoms. The fourth-order valence-electron chi connectivity index (χ4n) is 1.50. The van der Waals surface area contributed by atoms with Gasteiger partial charge in [0.05, 0.1) is 11.7 Å². The third-order valence-corrected chi connectivity index (χ3v) is 2.42. The third-order valence-electron chi connectivity index (χ3n) is 2.42. The van der Waals surface area contributed by atoms with Crippen molar-refractivity contribution in [2.45, 2.75) is 13.0 Å². The molecule has 1 atom stereocenters. The molecular weight excluding hydrogens is 214 g/mol. The monoisotopic (exact) mass is 229 g/mol. The summed E-state index contributed by atoms with van der Waals surface area (Å²) >= 11 is 0. The lowest BCUT2D eigenvalue weighted by Crippen LogP contribution is -2.09. The molecule has 0 aliphatic rings. The van der Waals surface area contributed by atoms with Crippen molar-refractivity contribution >= 4 is 11.6 Å². The smallest absolute Gasteiger partial charge is 0.131 e. The number of hydrogen-bond donors (Lipinski definition) is 2. The second kappa shape index (κ2) is 5.25. The highest BCUT2D eigenvalue weighted by Gasteiger charge is 2.06. The van der Waals surface area contributed by atoms with Crippen LogP contribution in [0.25, 0.3) is 0 Å². The maximum absolute atomic E-state index is 4.30. The minimum Gasteiger partial charge on any atom is -0.373 e. The molecule has 0 spiro atoms. The van der Waals surface area contributed by atoms with E-state index in [-0.39, 0.29) is 6.04 Å². The Morgan fingerprint density at radius 2 is 1.94 bits per heavy atom. The molecule has 1 unspecified atom stereocenters. The van der Waals surface area contributed by atoms with E-state index in [2.05, 4.69) is 25.6 Å². The van der Waals surface area contributed by atoms with Crippen molar-refractivity contribution in [3.05, 3.63) is 42.5 Å². The largest absolute Gasteiger partial charge is 0.373 e. The Balaban J connectivity index is 2.10. The summed E-state index contributed by atoms with van der Waals surface area (Å²) in [6.07, 6.45) is 3.31. The Labute approximate surface area is 100 Å². The Bertz CT molecular complexity index is 471. The molecule has 5 nitrogen and oxygen atoms in total. The summed E-state index contributed by atoms with van der Waals surface area (Å²) in [5.41, 5.74) is 0.983. The number of nitrogens with zero attached hydrogens (tertiary/aromatic N) is 3. The first-order valence-electron chi connectivity index (χ1n) is 5.47. The van der Waals surface area contributed by atoms with Crippen LogP contribution in [0.1, 0.15) is 18.7 Å². The van der Waals surface area contributed by atoms with Gasteiger partial charge in [-0.15, -0.1) is 0 Å². The molecule has 88 valence electrons. The summed E-state index contributed by atoms with van der Waals surface area (Å²) in [5, 5.41) is 6.25. The van der Waals surface area contributed by atoms with Crippen LogP contribution < -0.4 is 10.6 Å². The molecule has 0 aromatic carbocycles. The average molecular weight is 229 g/mol. The van der Waals surface area contributed by atoms with Gasteiger partial charge in [-0.1, -0.05) is 6.07 Å². The molecule has 0 radical (unpaired) electrons. The SMILES string of the molecule is CNc1cc(NC(C)c2ccccn2)ncn1. The van der Waals surface area contributed by atoms with E-state index in [1.807, 2.05) is 38.2 Å². The predicted molar refractivity (Wildman–Crippen MR) is 67.9 cm³/mol. The number of aromatic nitrogens is 3. The maximum atomic E-state index is 4.30. The zero-order valence-electron chi connectivity index (χ0n) is 9.88. The Morgan fingerprint density at radius 3 is 2.65 bits per heavy atom. The normalized spacial score (nSPS) is 11.9. The first-order valence-corrected chi connectivity index (χ1v) is 5.47. The summed E-state index contributed by atoms with van der Waals surface area (Å²) in [6.45, 7) is 2.05. The van der Waals surface area contributed by atoms with Crippen LogP contribution in [0.15, 0.2) is 36.8 Å². The maximum Gasteiger partial charge on any atom is 0.131 e. The quantitative estimate of drug-likeness (QED) is 0.840. The lowest BCUT2D eigenvalue weighted by atomic mass is 10.2. The fraction of sp³-hybridized carbons (Fsp3) is 0.250. The van der Waals surface area contributed by atoms with E-state index in [9.17, 15) is 0 Å². The van der Waals surface area contributed by atoms with Gasteiger partial charge in [-0.05, 0) is 19.1 Å². The van der Waals surface area contributed by atoms with Crippen molar-refractivity contribution in [2.75, 3.05) is 17.7 Å². The van der Waals surface area contributed by atoms with Gasteiger partial charge in [0, 0.05) is 19.3 Å². The van der Waals surface area contributed by atoms with Gasteiger partial charge in [0.15, 0.2) is 0 Å². The van der Waals surface area contributed by atoms with Crippen LogP contribution in [0.4, 0.5) is 11.6 Å². The standard InChI is InChI=1S/C12H15N5/c1-9(10-5-3-4-6-14-10)17-12-7-11(13-2)15-8-16-12/h3-9H,1-2H3,(H2,13,15,16,17). The minimum atomic E-state index is 0.107. The van der Waals surface area contributed by atoms with Gasteiger partial charge in [0.2, 0.25) is 0 Å². The fourth-order valence-corrected chi connectivity index (χ4v) is 1.50. The Hall–Kier alpha value is -2.17. The first kappa shape index (κ1) is 11.3. The zero-order chi connectivity index (χ0) is 12.1. The van der Waals surface area contributed by atoms with E-state index in [4.69, 9.17) is 0 Å². The van der Waals surface area contributed by atoms with Crippen molar-refractivity contribution in [3.8, 4) is 0 Å². The van der Waals surface area contributed by atoms with Gasteiger partial charge in [0.1, 0.15) is 18.0 Å². The highest BCUT2D eigenvalue weighted by molar-refractivity contribution is 5.46. The summed E-state index contributed by atoms with van der Waals surface area (Å²) in [7, 11) is 1.83. The molecule has 2 aromatic rings. The van der Waals surface area contributed by atoms with Gasteiger partial charge in [-0.3, -0.25) is 4.98 Å². The van der Waals surface area contributed by atoms with Crippen LogP contribution >= 0.6 is 0 Å². The molecule has 2 aromatic heterocycles. The molecule has 2 N–H and O–H groups in total. The first-order chi connectivity index (χ1) is 8.29. The zero-order valence-corrected chi connectivity index (χ0v) is 9.88. The lowest BCUT2D eigenvalue weighted by molar-refractivity contribution is 0.830. The summed E-state index contributed by atoms with van der Waals surface area (Å²) < 4.78 is 0. The van der Waals surface area contributed by atoms with E-state index < -0.39 is 0 Å². The highest BCUT2D eigenvalue weighted by atomic mass is 15.1. The van der Waals surface area contributed by atoms with Crippen molar-refractivity contribution in [2.24, 2.45) is 0 Å². The summed E-state index contributed by atoms with van der Waals surface area (Å²) in [6, 6.07) is 7.83. The van der Waals surface area contributed by atoms with Crippen LogP contribution in [0.2, 0.25) is 0 Å². The van der Waals surface area contributed by atoms with Crippen molar-refractivity contribution < 1.29 is 0 Å². The third kappa shape index (κ3) is 2.90. The molecule has 2 heterocycles. The summed E-state index contributed by atoms with van der Waals surface area (Å²) in [4.78, 5) is 12.5. The van der Waals surface area contributed by atoms with Crippen LogP contribution in [-0.2, 0) is 0 Å². The van der Waals surface area contributed by atoms with E-state index in [0.717, 1.165) is 17.3 Å². The number of pyridine rings is 1. The molecule has 17 heavy (non-hydrogen) atoms. The Kier molecular flexibility index (Phi) is 3.49. The van der Waals surface area contributed by atoms with Crippen LogP contribution in [0.5, 0.6) is 0 Å². The predicted octanol–water partition coefficient (Wildman–Crippen LogP) is 2.09. The van der Waals surface area contributed by atoms with Crippen molar-refractivity contribution in [1.82, 2.24) is 15.0 Å². The number of rotatable bonds is 4. The van der Waals surface area contributed by atoms with E-state index in [1.54, 1.807) is 6.20 Å². The van der Waals surface area contributed by atoms with E-state index >= 15 is 0 Å². The molecule has 2 rings (SSSR count).